The molecule has 0 unspecified atom stereocenters. The number of aryl methyl sites for hydroxylation is 1. The highest BCUT2D eigenvalue weighted by Crippen LogP contribution is 2.17. The van der Waals surface area contributed by atoms with Crippen molar-refractivity contribution in [3.8, 4) is 5.75 Å². The fourth-order valence-corrected chi connectivity index (χ4v) is 1.93. The van der Waals surface area contributed by atoms with Crippen LogP contribution in [0.15, 0.2) is 48.5 Å². The molecular weight excluding hydrogens is 320 g/mol. The van der Waals surface area contributed by atoms with E-state index < -0.39 is 25.1 Å². The molecule has 0 saturated heterocycles. The van der Waals surface area contributed by atoms with Crippen molar-refractivity contribution in [3.05, 3.63) is 59.7 Å². The Hall–Kier alpha value is -2.96. The summed E-state index contributed by atoms with van der Waals surface area (Å²) >= 11 is 0. The average Bonchev–Trinajstić information content (AvgIpc) is 2.54. The summed E-state index contributed by atoms with van der Waals surface area (Å²) < 4.78 is 33.2. The van der Waals surface area contributed by atoms with Crippen LogP contribution in [0.3, 0.4) is 0 Å². The molecule has 0 aliphatic heterocycles. The SMILES string of the molecule is Cc1ccccc1C(=O)OCC(=O)Nc1ccc(OC(F)F)cc1. The number of hydrogen-bond donors (Lipinski definition) is 1. The van der Waals surface area contributed by atoms with Crippen LogP contribution in [-0.4, -0.2) is 25.1 Å². The first-order valence-electron chi connectivity index (χ1n) is 7.03. The lowest BCUT2D eigenvalue weighted by atomic mass is 10.1. The zero-order chi connectivity index (χ0) is 17.5. The van der Waals surface area contributed by atoms with Gasteiger partial charge in [0.1, 0.15) is 5.75 Å². The first kappa shape index (κ1) is 17.4. The van der Waals surface area contributed by atoms with Crippen LogP contribution in [0.1, 0.15) is 15.9 Å². The summed E-state index contributed by atoms with van der Waals surface area (Å²) in [5, 5.41) is 2.48. The lowest BCUT2D eigenvalue weighted by Crippen LogP contribution is -2.21. The molecule has 0 bridgehead atoms. The van der Waals surface area contributed by atoms with Gasteiger partial charge in [-0.05, 0) is 42.8 Å². The number of halogens is 2. The van der Waals surface area contributed by atoms with Crippen molar-refractivity contribution < 1.29 is 27.8 Å². The largest absolute Gasteiger partial charge is 0.452 e. The highest BCUT2D eigenvalue weighted by molar-refractivity contribution is 5.96. The summed E-state index contributed by atoms with van der Waals surface area (Å²) in [6.07, 6.45) is 0. The lowest BCUT2D eigenvalue weighted by molar-refractivity contribution is -0.119. The van der Waals surface area contributed by atoms with Crippen molar-refractivity contribution >= 4 is 17.6 Å². The van der Waals surface area contributed by atoms with Gasteiger partial charge in [0.15, 0.2) is 6.61 Å². The van der Waals surface area contributed by atoms with Crippen LogP contribution in [0.2, 0.25) is 0 Å². The van der Waals surface area contributed by atoms with E-state index in [2.05, 4.69) is 10.1 Å². The third-order valence-electron chi connectivity index (χ3n) is 3.06. The molecule has 5 nitrogen and oxygen atoms in total. The summed E-state index contributed by atoms with van der Waals surface area (Å²) in [6, 6.07) is 12.3. The fourth-order valence-electron chi connectivity index (χ4n) is 1.93. The molecule has 126 valence electrons. The van der Waals surface area contributed by atoms with Crippen LogP contribution in [0.25, 0.3) is 0 Å². The first-order valence-corrected chi connectivity index (χ1v) is 7.03. The quantitative estimate of drug-likeness (QED) is 0.822. The molecule has 0 aliphatic carbocycles. The average molecular weight is 335 g/mol. The molecule has 0 spiro atoms. The smallest absolute Gasteiger partial charge is 0.387 e. The van der Waals surface area contributed by atoms with Gasteiger partial charge in [-0.1, -0.05) is 18.2 Å². The number of esters is 1. The Balaban J connectivity index is 1.85. The predicted molar refractivity (Wildman–Crippen MR) is 83.2 cm³/mol. The van der Waals surface area contributed by atoms with Gasteiger partial charge in [-0.2, -0.15) is 8.78 Å². The van der Waals surface area contributed by atoms with Crippen molar-refractivity contribution in [1.29, 1.82) is 0 Å². The monoisotopic (exact) mass is 335 g/mol. The third-order valence-corrected chi connectivity index (χ3v) is 3.06. The Morgan fingerprint density at radius 2 is 1.75 bits per heavy atom. The first-order chi connectivity index (χ1) is 11.5. The third kappa shape index (κ3) is 5.05. The number of benzene rings is 2. The highest BCUT2D eigenvalue weighted by Gasteiger charge is 2.12. The van der Waals surface area contributed by atoms with E-state index in [-0.39, 0.29) is 5.75 Å². The summed E-state index contributed by atoms with van der Waals surface area (Å²) in [4.78, 5) is 23.6. The number of alkyl halides is 2. The molecule has 2 aromatic rings. The van der Waals surface area contributed by atoms with Crippen molar-refractivity contribution in [2.75, 3.05) is 11.9 Å². The van der Waals surface area contributed by atoms with Gasteiger partial charge in [-0.25, -0.2) is 4.79 Å². The second-order valence-corrected chi connectivity index (χ2v) is 4.84. The molecule has 0 saturated carbocycles. The molecule has 0 atom stereocenters. The van der Waals surface area contributed by atoms with Crippen molar-refractivity contribution in [1.82, 2.24) is 0 Å². The molecular formula is C17H15F2NO4. The Labute approximate surface area is 137 Å². The van der Waals surface area contributed by atoms with Gasteiger partial charge in [-0.15, -0.1) is 0 Å². The Bertz CT molecular complexity index is 717. The molecule has 7 heteroatoms. The normalized spacial score (nSPS) is 10.3. The van der Waals surface area contributed by atoms with Gasteiger partial charge in [0.2, 0.25) is 0 Å². The molecule has 2 rings (SSSR count). The molecule has 0 radical (unpaired) electrons. The van der Waals surface area contributed by atoms with E-state index in [9.17, 15) is 18.4 Å². The van der Waals surface area contributed by atoms with Gasteiger partial charge < -0.3 is 14.8 Å². The zero-order valence-electron chi connectivity index (χ0n) is 12.8. The van der Waals surface area contributed by atoms with Gasteiger partial charge in [0, 0.05) is 5.69 Å². The van der Waals surface area contributed by atoms with E-state index in [1.807, 2.05) is 0 Å². The van der Waals surface area contributed by atoms with E-state index in [0.29, 0.717) is 11.3 Å². The van der Waals surface area contributed by atoms with Crippen molar-refractivity contribution in [3.63, 3.8) is 0 Å². The standard InChI is InChI=1S/C17H15F2NO4/c1-11-4-2-3-5-14(11)16(22)23-10-15(21)20-12-6-8-13(9-7-12)24-17(18)19/h2-9,17H,10H2,1H3,(H,20,21). The Kier molecular flexibility index (Phi) is 5.83. The molecule has 1 amide bonds. The number of anilines is 1. The molecule has 1 N–H and O–H groups in total. The van der Waals surface area contributed by atoms with E-state index in [1.165, 1.54) is 24.3 Å². The van der Waals surface area contributed by atoms with Crippen LogP contribution in [0, 0.1) is 6.92 Å². The predicted octanol–water partition coefficient (Wildman–Crippen LogP) is 3.39. The summed E-state index contributed by atoms with van der Waals surface area (Å²) in [5.41, 5.74) is 1.50. The maximum absolute atomic E-state index is 12.0. The topological polar surface area (TPSA) is 64.6 Å². The lowest BCUT2D eigenvalue weighted by Gasteiger charge is -2.09. The maximum Gasteiger partial charge on any atom is 0.387 e. The summed E-state index contributed by atoms with van der Waals surface area (Å²) in [7, 11) is 0. The van der Waals surface area contributed by atoms with Crippen LogP contribution < -0.4 is 10.1 Å². The van der Waals surface area contributed by atoms with Gasteiger partial charge in [-0.3, -0.25) is 4.79 Å². The van der Waals surface area contributed by atoms with E-state index in [1.54, 1.807) is 31.2 Å². The highest BCUT2D eigenvalue weighted by atomic mass is 19.3. The van der Waals surface area contributed by atoms with Gasteiger partial charge in [0.25, 0.3) is 5.91 Å². The Morgan fingerprint density at radius 1 is 1.08 bits per heavy atom. The summed E-state index contributed by atoms with van der Waals surface area (Å²) in [6.45, 7) is -1.60. The van der Waals surface area contributed by atoms with Crippen LogP contribution in [-0.2, 0) is 9.53 Å². The number of hydrogen-bond acceptors (Lipinski definition) is 4. The minimum absolute atomic E-state index is 0.0195. The van der Waals surface area contributed by atoms with Crippen molar-refractivity contribution in [2.24, 2.45) is 0 Å². The molecule has 0 fully saturated rings. The van der Waals surface area contributed by atoms with Crippen LogP contribution >= 0.6 is 0 Å². The minimum Gasteiger partial charge on any atom is -0.452 e. The van der Waals surface area contributed by atoms with Crippen molar-refractivity contribution in [2.45, 2.75) is 13.5 Å². The molecule has 0 aromatic heterocycles. The van der Waals surface area contributed by atoms with Gasteiger partial charge in [0.05, 0.1) is 5.56 Å². The van der Waals surface area contributed by atoms with E-state index in [4.69, 9.17) is 4.74 Å². The van der Waals surface area contributed by atoms with E-state index in [0.717, 1.165) is 5.56 Å². The molecule has 0 heterocycles. The second kappa shape index (κ2) is 8.05. The number of carbonyl (C=O) groups is 2. The zero-order valence-corrected chi connectivity index (χ0v) is 12.8. The van der Waals surface area contributed by atoms with Crippen LogP contribution in [0.4, 0.5) is 14.5 Å². The van der Waals surface area contributed by atoms with Gasteiger partial charge >= 0.3 is 12.6 Å². The molecule has 0 aliphatic rings. The number of nitrogens with one attached hydrogen (secondary N) is 1. The van der Waals surface area contributed by atoms with Crippen LogP contribution in [0.5, 0.6) is 5.75 Å². The second-order valence-electron chi connectivity index (χ2n) is 4.84. The Morgan fingerprint density at radius 3 is 2.38 bits per heavy atom. The maximum atomic E-state index is 12.0. The molecule has 24 heavy (non-hydrogen) atoms. The summed E-state index contributed by atoms with van der Waals surface area (Å²) in [5.74, 6) is -1.16. The molecule has 2 aromatic carbocycles. The number of amides is 1. The minimum atomic E-state index is -2.91. The van der Waals surface area contributed by atoms with E-state index >= 15 is 0 Å². The fraction of sp³-hybridized carbons (Fsp3) is 0.176. The number of carbonyl (C=O) groups excluding carboxylic acids is 2. The number of ether oxygens (including phenoxy) is 2. The number of rotatable bonds is 6.